The lowest BCUT2D eigenvalue weighted by Crippen LogP contribution is -2.23. The zero-order valence-electron chi connectivity index (χ0n) is 15.0. The Bertz CT molecular complexity index is 802. The molecule has 1 fully saturated rings. The van der Waals surface area contributed by atoms with E-state index >= 15 is 0 Å². The SMILES string of the molecule is CC1(C)[C@@H](C(=O)OCn2ccc(Cc3ccccc3)c2)[C@@H]1C(Br)C(Cl)(Cl)Br. The molecule has 146 valence electrons. The van der Waals surface area contributed by atoms with Crippen molar-refractivity contribution < 1.29 is 9.53 Å². The maximum absolute atomic E-state index is 12.6. The van der Waals surface area contributed by atoms with E-state index in [4.69, 9.17) is 27.9 Å². The third-order valence-electron chi connectivity index (χ3n) is 5.21. The lowest BCUT2D eigenvalue weighted by atomic mass is 10.1. The Morgan fingerprint density at radius 3 is 2.56 bits per heavy atom. The van der Waals surface area contributed by atoms with Crippen LogP contribution in [0.5, 0.6) is 0 Å². The van der Waals surface area contributed by atoms with Gasteiger partial charge in [-0.05, 0) is 50.9 Å². The van der Waals surface area contributed by atoms with Gasteiger partial charge in [0.15, 0.2) is 9.97 Å². The molecule has 0 amide bonds. The molecule has 0 radical (unpaired) electrons. The van der Waals surface area contributed by atoms with Crippen molar-refractivity contribution in [3.05, 3.63) is 59.9 Å². The van der Waals surface area contributed by atoms with Crippen molar-refractivity contribution in [2.45, 2.75) is 35.1 Å². The Morgan fingerprint density at radius 2 is 1.93 bits per heavy atom. The molecule has 1 aromatic carbocycles. The van der Waals surface area contributed by atoms with Crippen molar-refractivity contribution in [3.8, 4) is 0 Å². The highest BCUT2D eigenvalue weighted by Crippen LogP contribution is 2.65. The van der Waals surface area contributed by atoms with Gasteiger partial charge in [0.1, 0.15) is 0 Å². The van der Waals surface area contributed by atoms with Crippen LogP contribution in [0, 0.1) is 17.3 Å². The number of carbonyl (C=O) groups excluding carboxylic acids is 1. The fourth-order valence-corrected chi connectivity index (χ4v) is 5.16. The van der Waals surface area contributed by atoms with Crippen LogP contribution in [-0.4, -0.2) is 18.6 Å². The second-order valence-corrected chi connectivity index (χ2v) is 12.1. The van der Waals surface area contributed by atoms with Crippen molar-refractivity contribution in [2.75, 3.05) is 0 Å². The van der Waals surface area contributed by atoms with Gasteiger partial charge in [0.25, 0.3) is 0 Å². The minimum absolute atomic E-state index is 0.00215. The van der Waals surface area contributed by atoms with E-state index in [-0.39, 0.29) is 34.8 Å². The lowest BCUT2D eigenvalue weighted by Gasteiger charge is -2.20. The second kappa shape index (κ2) is 8.10. The third kappa shape index (κ3) is 4.92. The van der Waals surface area contributed by atoms with Gasteiger partial charge < -0.3 is 9.30 Å². The molecule has 0 aliphatic heterocycles. The Hall–Kier alpha value is -0.490. The van der Waals surface area contributed by atoms with E-state index in [0.717, 1.165) is 6.42 Å². The van der Waals surface area contributed by atoms with Crippen LogP contribution in [0.15, 0.2) is 48.8 Å². The van der Waals surface area contributed by atoms with Crippen LogP contribution in [0.1, 0.15) is 25.0 Å². The molecular formula is C20H21Br2Cl2NO2. The normalized spacial score (nSPS) is 22.3. The summed E-state index contributed by atoms with van der Waals surface area (Å²) < 4.78 is 6.30. The van der Waals surface area contributed by atoms with Gasteiger partial charge in [-0.2, -0.15) is 0 Å². The first kappa shape index (κ1) is 21.2. The van der Waals surface area contributed by atoms with Gasteiger partial charge in [-0.15, -0.1) is 0 Å². The summed E-state index contributed by atoms with van der Waals surface area (Å²) in [6, 6.07) is 12.3. The van der Waals surface area contributed by atoms with E-state index in [0.29, 0.717) is 0 Å². The van der Waals surface area contributed by atoms with Crippen LogP contribution in [0.3, 0.4) is 0 Å². The van der Waals surface area contributed by atoms with Crippen LogP contribution < -0.4 is 0 Å². The first-order valence-corrected chi connectivity index (χ1v) is 11.1. The highest BCUT2D eigenvalue weighted by Gasteiger charge is 2.67. The van der Waals surface area contributed by atoms with E-state index in [2.05, 4.69) is 44.0 Å². The Balaban J connectivity index is 1.56. The highest BCUT2D eigenvalue weighted by molar-refractivity contribution is 9.13. The number of carbonyl (C=O) groups is 1. The van der Waals surface area contributed by atoms with Crippen LogP contribution in [0.25, 0.3) is 0 Å². The van der Waals surface area contributed by atoms with E-state index in [1.807, 2.05) is 55.1 Å². The number of ether oxygens (including phenoxy) is 1. The Labute approximate surface area is 186 Å². The first-order valence-electron chi connectivity index (χ1n) is 8.66. The number of alkyl halides is 4. The molecule has 1 aliphatic rings. The molecule has 3 atom stereocenters. The van der Waals surface area contributed by atoms with Crippen molar-refractivity contribution >= 4 is 61.0 Å². The molecule has 1 heterocycles. The molecule has 1 aliphatic carbocycles. The fourth-order valence-electron chi connectivity index (χ4n) is 3.61. The minimum atomic E-state index is -1.13. The van der Waals surface area contributed by atoms with E-state index in [1.54, 1.807) is 0 Å². The molecule has 1 saturated carbocycles. The number of aromatic nitrogens is 1. The predicted molar refractivity (Wildman–Crippen MR) is 117 cm³/mol. The summed E-state index contributed by atoms with van der Waals surface area (Å²) >= 11 is 19.0. The molecular weight excluding hydrogens is 517 g/mol. The lowest BCUT2D eigenvalue weighted by molar-refractivity contribution is -0.150. The molecule has 0 N–H and O–H groups in total. The van der Waals surface area contributed by atoms with Gasteiger partial charge in [-0.1, -0.05) is 83.3 Å². The molecule has 3 rings (SSSR count). The number of benzene rings is 1. The summed E-state index contributed by atoms with van der Waals surface area (Å²) in [5.41, 5.74) is 2.21. The Kier molecular flexibility index (Phi) is 6.36. The smallest absolute Gasteiger partial charge is 0.311 e. The second-order valence-electron chi connectivity index (χ2n) is 7.56. The van der Waals surface area contributed by atoms with Crippen molar-refractivity contribution in [2.24, 2.45) is 17.3 Å². The summed E-state index contributed by atoms with van der Waals surface area (Å²) in [6.07, 6.45) is 4.78. The van der Waals surface area contributed by atoms with Gasteiger partial charge in [0.05, 0.1) is 10.7 Å². The van der Waals surface area contributed by atoms with Crippen LogP contribution >= 0.6 is 55.1 Å². The number of hydrogen-bond acceptors (Lipinski definition) is 2. The molecule has 1 aromatic heterocycles. The fraction of sp³-hybridized carbons (Fsp3) is 0.450. The molecule has 3 nitrogen and oxygen atoms in total. The maximum Gasteiger partial charge on any atom is 0.311 e. The van der Waals surface area contributed by atoms with Crippen LogP contribution in [0.2, 0.25) is 0 Å². The molecule has 0 bridgehead atoms. The topological polar surface area (TPSA) is 31.2 Å². The van der Waals surface area contributed by atoms with Crippen molar-refractivity contribution in [3.63, 3.8) is 0 Å². The van der Waals surface area contributed by atoms with Crippen molar-refractivity contribution in [1.82, 2.24) is 4.57 Å². The summed E-state index contributed by atoms with van der Waals surface area (Å²) in [5.74, 6) is -0.467. The van der Waals surface area contributed by atoms with Gasteiger partial charge in [-0.25, -0.2) is 0 Å². The summed E-state index contributed by atoms with van der Waals surface area (Å²) in [5, 5.41) is 0. The van der Waals surface area contributed by atoms with Gasteiger partial charge in [0, 0.05) is 12.4 Å². The first-order chi connectivity index (χ1) is 12.6. The highest BCUT2D eigenvalue weighted by atomic mass is 79.9. The summed E-state index contributed by atoms with van der Waals surface area (Å²) in [7, 11) is 0. The number of nitrogens with zero attached hydrogens (tertiary/aromatic N) is 1. The maximum atomic E-state index is 12.6. The largest absolute Gasteiger partial charge is 0.444 e. The quantitative estimate of drug-likeness (QED) is 0.314. The molecule has 0 spiro atoms. The number of esters is 1. The number of halogens is 4. The van der Waals surface area contributed by atoms with Gasteiger partial charge >= 0.3 is 5.97 Å². The van der Waals surface area contributed by atoms with Gasteiger partial charge in [0.2, 0.25) is 0 Å². The van der Waals surface area contributed by atoms with Crippen molar-refractivity contribution in [1.29, 1.82) is 0 Å². The number of hydrogen-bond donors (Lipinski definition) is 0. The standard InChI is InChI=1S/C20H21Br2Cl2NO2/c1-19(2)15(17(21)20(22,23)24)16(19)18(26)27-12-25-9-8-14(11-25)10-13-6-4-3-5-7-13/h3-9,11,15-17H,10,12H2,1-2H3/t15-,16-,17?/m1/s1. The molecule has 27 heavy (non-hydrogen) atoms. The molecule has 0 saturated heterocycles. The molecule has 2 aromatic rings. The van der Waals surface area contributed by atoms with Crippen LogP contribution in [-0.2, 0) is 22.7 Å². The average Bonchev–Trinajstić information content (AvgIpc) is 2.93. The number of rotatable bonds is 7. The summed E-state index contributed by atoms with van der Waals surface area (Å²) in [6.45, 7) is 4.25. The van der Waals surface area contributed by atoms with Crippen LogP contribution in [0.4, 0.5) is 0 Å². The average molecular weight is 538 g/mol. The Morgan fingerprint density at radius 1 is 1.26 bits per heavy atom. The van der Waals surface area contributed by atoms with E-state index < -0.39 is 3.24 Å². The molecule has 1 unspecified atom stereocenters. The van der Waals surface area contributed by atoms with Gasteiger partial charge in [-0.3, -0.25) is 4.79 Å². The molecule has 7 heteroatoms. The zero-order chi connectivity index (χ0) is 19.8. The van der Waals surface area contributed by atoms with E-state index in [1.165, 1.54) is 11.1 Å². The summed E-state index contributed by atoms with van der Waals surface area (Å²) in [4.78, 5) is 12.3. The third-order valence-corrected chi connectivity index (χ3v) is 8.57. The zero-order valence-corrected chi connectivity index (χ0v) is 19.7. The monoisotopic (exact) mass is 535 g/mol. The predicted octanol–water partition coefficient (Wildman–Crippen LogP) is 6.14. The van der Waals surface area contributed by atoms with E-state index in [9.17, 15) is 4.79 Å². The minimum Gasteiger partial charge on any atom is -0.444 e.